The number of anilines is 1. The molecular formula is C15H25N3O2. The molecule has 0 saturated heterocycles. The van der Waals surface area contributed by atoms with Gasteiger partial charge < -0.3 is 15.4 Å². The number of hydrogen-bond acceptors (Lipinski definition) is 3. The van der Waals surface area contributed by atoms with Crippen LogP contribution in [0.4, 0.5) is 10.5 Å². The maximum absolute atomic E-state index is 12.6. The molecule has 2 amide bonds. The Morgan fingerprint density at radius 2 is 2.00 bits per heavy atom. The number of carbonyl (C=O) groups is 1. The van der Waals surface area contributed by atoms with Crippen LogP contribution in [0.5, 0.6) is 5.75 Å². The second-order valence-electron chi connectivity index (χ2n) is 4.45. The van der Waals surface area contributed by atoms with Crippen molar-refractivity contribution in [2.24, 2.45) is 5.73 Å². The molecule has 2 N–H and O–H groups in total. The van der Waals surface area contributed by atoms with Crippen molar-refractivity contribution in [1.29, 1.82) is 0 Å². The van der Waals surface area contributed by atoms with Gasteiger partial charge in [0.05, 0.1) is 7.11 Å². The molecule has 1 aromatic carbocycles. The molecule has 0 radical (unpaired) electrons. The third-order valence-corrected chi connectivity index (χ3v) is 3.22. The molecule has 0 aromatic heterocycles. The smallest absolute Gasteiger partial charge is 0.324 e. The van der Waals surface area contributed by atoms with Crippen molar-refractivity contribution in [2.75, 3.05) is 38.2 Å². The summed E-state index contributed by atoms with van der Waals surface area (Å²) in [4.78, 5) is 16.1. The minimum atomic E-state index is 0.0108. The molecule has 0 unspecified atom stereocenters. The molecule has 5 nitrogen and oxygen atoms in total. The summed E-state index contributed by atoms with van der Waals surface area (Å²) in [6, 6.07) is 7.56. The van der Waals surface area contributed by atoms with Crippen molar-refractivity contribution in [1.82, 2.24) is 4.90 Å². The Hall–Kier alpha value is -1.75. The summed E-state index contributed by atoms with van der Waals surface area (Å²) in [7, 11) is 1.62. The Bertz CT molecular complexity index is 419. The quantitative estimate of drug-likeness (QED) is 0.833. The minimum Gasteiger partial charge on any atom is -0.497 e. The lowest BCUT2D eigenvalue weighted by Crippen LogP contribution is -2.44. The SMILES string of the molecule is CCN(CC)C(=O)N(CCCN)c1cccc(OC)c1. The van der Waals surface area contributed by atoms with Gasteiger partial charge >= 0.3 is 6.03 Å². The number of nitrogens with zero attached hydrogens (tertiary/aromatic N) is 2. The summed E-state index contributed by atoms with van der Waals surface area (Å²) < 4.78 is 5.23. The molecule has 5 heteroatoms. The Balaban J connectivity index is 3.00. The lowest BCUT2D eigenvalue weighted by molar-refractivity contribution is 0.210. The highest BCUT2D eigenvalue weighted by atomic mass is 16.5. The van der Waals surface area contributed by atoms with Crippen molar-refractivity contribution in [2.45, 2.75) is 20.3 Å². The molecular weight excluding hydrogens is 254 g/mol. The molecule has 0 aliphatic carbocycles. The molecule has 0 saturated carbocycles. The number of hydrogen-bond donors (Lipinski definition) is 1. The Kier molecular flexibility index (Phi) is 6.87. The molecule has 0 spiro atoms. The topological polar surface area (TPSA) is 58.8 Å². The first-order valence-electron chi connectivity index (χ1n) is 7.08. The Labute approximate surface area is 121 Å². The maximum atomic E-state index is 12.6. The molecule has 0 fully saturated rings. The van der Waals surface area contributed by atoms with E-state index in [2.05, 4.69) is 0 Å². The van der Waals surface area contributed by atoms with Gasteiger partial charge in [-0.3, -0.25) is 4.90 Å². The summed E-state index contributed by atoms with van der Waals surface area (Å²) in [6.07, 6.45) is 0.768. The van der Waals surface area contributed by atoms with Crippen LogP contribution in [-0.2, 0) is 0 Å². The molecule has 112 valence electrons. The average molecular weight is 279 g/mol. The number of rotatable bonds is 7. The first kappa shape index (κ1) is 16.3. The van der Waals surface area contributed by atoms with Crippen LogP contribution in [0, 0.1) is 0 Å². The molecule has 0 bridgehead atoms. The van der Waals surface area contributed by atoms with Gasteiger partial charge in [0.2, 0.25) is 0 Å². The third-order valence-electron chi connectivity index (χ3n) is 3.22. The fraction of sp³-hybridized carbons (Fsp3) is 0.533. The Morgan fingerprint density at radius 3 is 2.55 bits per heavy atom. The monoisotopic (exact) mass is 279 g/mol. The maximum Gasteiger partial charge on any atom is 0.324 e. The fourth-order valence-corrected chi connectivity index (χ4v) is 2.03. The number of urea groups is 1. The number of amides is 2. The molecule has 0 aliphatic heterocycles. The highest BCUT2D eigenvalue weighted by molar-refractivity contribution is 5.92. The second kappa shape index (κ2) is 8.43. The van der Waals surface area contributed by atoms with E-state index in [1.165, 1.54) is 0 Å². The number of methoxy groups -OCH3 is 1. The fourth-order valence-electron chi connectivity index (χ4n) is 2.03. The zero-order valence-electron chi connectivity index (χ0n) is 12.6. The van der Waals surface area contributed by atoms with E-state index in [1.807, 2.05) is 38.1 Å². The van der Waals surface area contributed by atoms with Crippen molar-refractivity contribution in [3.05, 3.63) is 24.3 Å². The van der Waals surface area contributed by atoms with Crippen LogP contribution in [0.25, 0.3) is 0 Å². The average Bonchev–Trinajstić information content (AvgIpc) is 2.49. The van der Waals surface area contributed by atoms with E-state index < -0.39 is 0 Å². The predicted molar refractivity (Wildman–Crippen MR) is 82.3 cm³/mol. The van der Waals surface area contributed by atoms with Gasteiger partial charge in [-0.15, -0.1) is 0 Å². The largest absolute Gasteiger partial charge is 0.497 e. The van der Waals surface area contributed by atoms with Crippen molar-refractivity contribution in [3.63, 3.8) is 0 Å². The zero-order valence-corrected chi connectivity index (χ0v) is 12.6. The summed E-state index contributed by atoms with van der Waals surface area (Å²) in [5, 5.41) is 0. The van der Waals surface area contributed by atoms with Crippen molar-refractivity contribution in [3.8, 4) is 5.75 Å². The van der Waals surface area contributed by atoms with E-state index in [0.717, 1.165) is 17.9 Å². The number of nitrogens with two attached hydrogens (primary N) is 1. The van der Waals surface area contributed by atoms with E-state index in [-0.39, 0.29) is 6.03 Å². The Morgan fingerprint density at radius 1 is 1.30 bits per heavy atom. The standard InChI is InChI=1S/C15H25N3O2/c1-4-17(5-2)15(19)18(11-7-10-16)13-8-6-9-14(12-13)20-3/h6,8-9,12H,4-5,7,10-11,16H2,1-3H3. The van der Waals surface area contributed by atoms with E-state index in [4.69, 9.17) is 10.5 Å². The van der Waals surface area contributed by atoms with Gasteiger partial charge in [0.15, 0.2) is 0 Å². The van der Waals surface area contributed by atoms with Crippen LogP contribution in [0.3, 0.4) is 0 Å². The number of carbonyl (C=O) groups excluding carboxylic acids is 1. The lowest BCUT2D eigenvalue weighted by atomic mass is 10.2. The van der Waals surface area contributed by atoms with Crippen LogP contribution in [0.15, 0.2) is 24.3 Å². The van der Waals surface area contributed by atoms with E-state index in [1.54, 1.807) is 16.9 Å². The van der Waals surface area contributed by atoms with Gasteiger partial charge in [0.1, 0.15) is 5.75 Å². The number of ether oxygens (including phenoxy) is 1. The summed E-state index contributed by atoms with van der Waals surface area (Å²) in [6.45, 7) is 6.52. The molecule has 1 aromatic rings. The van der Waals surface area contributed by atoms with Crippen LogP contribution < -0.4 is 15.4 Å². The van der Waals surface area contributed by atoms with Gasteiger partial charge in [-0.05, 0) is 38.9 Å². The number of benzene rings is 1. The predicted octanol–water partition coefficient (Wildman–Crippen LogP) is 2.31. The molecule has 0 heterocycles. The van der Waals surface area contributed by atoms with E-state index in [0.29, 0.717) is 26.2 Å². The van der Waals surface area contributed by atoms with Crippen LogP contribution >= 0.6 is 0 Å². The van der Waals surface area contributed by atoms with E-state index in [9.17, 15) is 4.79 Å². The molecule has 20 heavy (non-hydrogen) atoms. The van der Waals surface area contributed by atoms with Gasteiger partial charge in [0.25, 0.3) is 0 Å². The highest BCUT2D eigenvalue weighted by Crippen LogP contribution is 2.22. The van der Waals surface area contributed by atoms with Crippen LogP contribution in [0.2, 0.25) is 0 Å². The summed E-state index contributed by atoms with van der Waals surface area (Å²) in [5.41, 5.74) is 6.42. The third kappa shape index (κ3) is 4.13. The normalized spacial score (nSPS) is 10.2. The molecule has 0 atom stereocenters. The van der Waals surface area contributed by atoms with Crippen LogP contribution in [-0.4, -0.2) is 44.2 Å². The molecule has 1 rings (SSSR count). The lowest BCUT2D eigenvalue weighted by Gasteiger charge is -2.29. The highest BCUT2D eigenvalue weighted by Gasteiger charge is 2.20. The van der Waals surface area contributed by atoms with Crippen molar-refractivity contribution >= 4 is 11.7 Å². The summed E-state index contributed by atoms with van der Waals surface area (Å²) >= 11 is 0. The minimum absolute atomic E-state index is 0.0108. The van der Waals surface area contributed by atoms with Crippen molar-refractivity contribution < 1.29 is 9.53 Å². The first-order valence-corrected chi connectivity index (χ1v) is 7.08. The van der Waals surface area contributed by atoms with Gasteiger partial charge in [0, 0.05) is 31.4 Å². The molecule has 0 aliphatic rings. The van der Waals surface area contributed by atoms with Gasteiger partial charge in [-0.1, -0.05) is 6.07 Å². The summed E-state index contributed by atoms with van der Waals surface area (Å²) in [5.74, 6) is 0.743. The van der Waals surface area contributed by atoms with E-state index >= 15 is 0 Å². The van der Waals surface area contributed by atoms with Crippen LogP contribution in [0.1, 0.15) is 20.3 Å². The van der Waals surface area contributed by atoms with Gasteiger partial charge in [-0.2, -0.15) is 0 Å². The second-order valence-corrected chi connectivity index (χ2v) is 4.45. The van der Waals surface area contributed by atoms with Gasteiger partial charge in [-0.25, -0.2) is 4.79 Å². The first-order chi connectivity index (χ1) is 9.67. The zero-order chi connectivity index (χ0) is 15.0.